The molecule has 0 aliphatic carbocycles. The number of hydrogen-bond donors (Lipinski definition) is 1. The summed E-state index contributed by atoms with van der Waals surface area (Å²) in [4.78, 5) is 39.8. The van der Waals surface area contributed by atoms with Crippen LogP contribution in [0.25, 0.3) is 0 Å². The van der Waals surface area contributed by atoms with E-state index in [1.807, 2.05) is 13.8 Å². The number of nitrogens with one attached hydrogen (secondary N) is 1. The molecule has 0 atom stereocenters. The van der Waals surface area contributed by atoms with Crippen molar-refractivity contribution in [3.63, 3.8) is 0 Å². The Morgan fingerprint density at radius 2 is 1.61 bits per heavy atom. The van der Waals surface area contributed by atoms with E-state index < -0.39 is 5.41 Å². The SMILES string of the molecule is CCOC(=O)N1CCN(C(=O)C(C)(C)C(=O)NCC(C)C)CC1. The van der Waals surface area contributed by atoms with Crippen LogP contribution in [0, 0.1) is 11.3 Å². The van der Waals surface area contributed by atoms with E-state index in [1.54, 1.807) is 30.6 Å². The molecule has 0 bridgehead atoms. The van der Waals surface area contributed by atoms with Gasteiger partial charge in [-0.05, 0) is 26.7 Å². The Bertz CT molecular complexity index is 441. The fraction of sp³-hybridized carbons (Fsp3) is 0.812. The van der Waals surface area contributed by atoms with Gasteiger partial charge >= 0.3 is 6.09 Å². The summed E-state index contributed by atoms with van der Waals surface area (Å²) in [6.45, 7) is 11.6. The minimum absolute atomic E-state index is 0.206. The van der Waals surface area contributed by atoms with Crippen LogP contribution in [0.5, 0.6) is 0 Å². The van der Waals surface area contributed by atoms with Crippen LogP contribution >= 0.6 is 0 Å². The van der Waals surface area contributed by atoms with Crippen LogP contribution in [0.3, 0.4) is 0 Å². The number of hydrogen-bond acceptors (Lipinski definition) is 4. The Morgan fingerprint density at radius 3 is 2.09 bits per heavy atom. The highest BCUT2D eigenvalue weighted by molar-refractivity contribution is 6.04. The van der Waals surface area contributed by atoms with Gasteiger partial charge in [0.2, 0.25) is 11.8 Å². The molecule has 3 amide bonds. The largest absolute Gasteiger partial charge is 0.450 e. The van der Waals surface area contributed by atoms with Crippen molar-refractivity contribution in [1.82, 2.24) is 15.1 Å². The van der Waals surface area contributed by atoms with Crippen LogP contribution in [0.1, 0.15) is 34.6 Å². The highest BCUT2D eigenvalue weighted by atomic mass is 16.6. The molecule has 1 aliphatic heterocycles. The summed E-state index contributed by atoms with van der Waals surface area (Å²) in [6.07, 6.45) is -0.353. The van der Waals surface area contributed by atoms with Gasteiger partial charge in [0.15, 0.2) is 0 Å². The van der Waals surface area contributed by atoms with Gasteiger partial charge in [-0.2, -0.15) is 0 Å². The lowest BCUT2D eigenvalue weighted by molar-refractivity contribution is -0.149. The van der Waals surface area contributed by atoms with Crippen molar-refractivity contribution in [3.8, 4) is 0 Å². The molecule has 0 aromatic carbocycles. The van der Waals surface area contributed by atoms with E-state index in [9.17, 15) is 14.4 Å². The topological polar surface area (TPSA) is 79.0 Å². The van der Waals surface area contributed by atoms with Crippen molar-refractivity contribution >= 4 is 17.9 Å². The molecular formula is C16H29N3O4. The van der Waals surface area contributed by atoms with Crippen LogP contribution in [0.15, 0.2) is 0 Å². The van der Waals surface area contributed by atoms with E-state index in [0.717, 1.165) is 0 Å². The Hall–Kier alpha value is -1.79. The maximum Gasteiger partial charge on any atom is 0.409 e. The van der Waals surface area contributed by atoms with E-state index in [0.29, 0.717) is 45.2 Å². The summed E-state index contributed by atoms with van der Waals surface area (Å²) < 4.78 is 4.96. The van der Waals surface area contributed by atoms with Gasteiger partial charge in [-0.15, -0.1) is 0 Å². The predicted octanol–water partition coefficient (Wildman–Crippen LogP) is 1.09. The van der Waals surface area contributed by atoms with Gasteiger partial charge in [0.25, 0.3) is 0 Å². The minimum atomic E-state index is -1.11. The van der Waals surface area contributed by atoms with Crippen molar-refractivity contribution in [2.75, 3.05) is 39.3 Å². The Labute approximate surface area is 138 Å². The molecule has 1 heterocycles. The fourth-order valence-corrected chi connectivity index (χ4v) is 2.32. The standard InChI is InChI=1S/C16H29N3O4/c1-6-23-15(22)19-9-7-18(8-10-19)14(21)16(4,5)13(20)17-11-12(2)3/h12H,6-11H2,1-5H3,(H,17,20). The van der Waals surface area contributed by atoms with Crippen molar-refractivity contribution < 1.29 is 19.1 Å². The number of ether oxygens (including phenoxy) is 1. The first-order chi connectivity index (χ1) is 10.7. The molecule has 7 nitrogen and oxygen atoms in total. The number of nitrogens with zero attached hydrogens (tertiary/aromatic N) is 2. The summed E-state index contributed by atoms with van der Waals surface area (Å²) in [5.74, 6) is -0.135. The molecule has 0 saturated carbocycles. The molecule has 0 aromatic heterocycles. The highest BCUT2D eigenvalue weighted by Gasteiger charge is 2.40. The second kappa shape index (κ2) is 8.17. The van der Waals surface area contributed by atoms with Crippen LogP contribution < -0.4 is 5.32 Å². The van der Waals surface area contributed by atoms with Crippen molar-refractivity contribution in [2.45, 2.75) is 34.6 Å². The molecule has 0 radical (unpaired) electrons. The van der Waals surface area contributed by atoms with E-state index in [1.165, 1.54) is 0 Å². The molecule has 1 saturated heterocycles. The molecule has 1 rings (SSSR count). The molecule has 0 spiro atoms. The van der Waals surface area contributed by atoms with Gasteiger partial charge in [-0.1, -0.05) is 13.8 Å². The summed E-state index contributed by atoms with van der Waals surface area (Å²) in [5.41, 5.74) is -1.11. The molecule has 1 fully saturated rings. The Kier molecular flexibility index (Phi) is 6.84. The van der Waals surface area contributed by atoms with Gasteiger partial charge in [0.05, 0.1) is 6.61 Å². The average Bonchev–Trinajstić information content (AvgIpc) is 2.52. The van der Waals surface area contributed by atoms with Crippen molar-refractivity contribution in [3.05, 3.63) is 0 Å². The summed E-state index contributed by atoms with van der Waals surface area (Å²) in [7, 11) is 0. The summed E-state index contributed by atoms with van der Waals surface area (Å²) >= 11 is 0. The van der Waals surface area contributed by atoms with Crippen LogP contribution in [0.4, 0.5) is 4.79 Å². The molecule has 7 heteroatoms. The lowest BCUT2D eigenvalue weighted by Crippen LogP contribution is -2.56. The second-order valence-electron chi connectivity index (χ2n) is 6.71. The predicted molar refractivity (Wildman–Crippen MR) is 86.8 cm³/mol. The third-order valence-electron chi connectivity index (χ3n) is 3.87. The Balaban J connectivity index is 2.57. The molecule has 1 N–H and O–H groups in total. The summed E-state index contributed by atoms with van der Waals surface area (Å²) in [6, 6.07) is 0. The van der Waals surface area contributed by atoms with Crippen LogP contribution in [-0.2, 0) is 14.3 Å². The quantitative estimate of drug-likeness (QED) is 0.767. The zero-order chi connectivity index (χ0) is 17.6. The normalized spacial score (nSPS) is 15.6. The zero-order valence-corrected chi connectivity index (χ0v) is 14.8. The maximum absolute atomic E-state index is 12.6. The van der Waals surface area contributed by atoms with E-state index >= 15 is 0 Å². The van der Waals surface area contributed by atoms with E-state index in [4.69, 9.17) is 4.74 Å². The van der Waals surface area contributed by atoms with Gasteiger partial charge in [0.1, 0.15) is 5.41 Å². The zero-order valence-electron chi connectivity index (χ0n) is 14.8. The van der Waals surface area contributed by atoms with Crippen molar-refractivity contribution in [2.24, 2.45) is 11.3 Å². The third-order valence-corrected chi connectivity index (χ3v) is 3.87. The fourth-order valence-electron chi connectivity index (χ4n) is 2.32. The molecule has 0 aromatic rings. The molecule has 23 heavy (non-hydrogen) atoms. The molecule has 0 unspecified atom stereocenters. The van der Waals surface area contributed by atoms with Gasteiger partial charge in [-0.3, -0.25) is 9.59 Å². The minimum Gasteiger partial charge on any atom is -0.450 e. The third kappa shape index (κ3) is 5.11. The monoisotopic (exact) mass is 327 g/mol. The number of piperazine rings is 1. The first-order valence-electron chi connectivity index (χ1n) is 8.19. The number of amides is 3. The molecule has 1 aliphatic rings. The van der Waals surface area contributed by atoms with Gasteiger partial charge in [-0.25, -0.2) is 4.79 Å². The van der Waals surface area contributed by atoms with E-state index in [2.05, 4.69) is 5.32 Å². The van der Waals surface area contributed by atoms with E-state index in [-0.39, 0.29) is 17.9 Å². The van der Waals surface area contributed by atoms with Crippen LogP contribution in [0.2, 0.25) is 0 Å². The first-order valence-corrected chi connectivity index (χ1v) is 8.19. The lowest BCUT2D eigenvalue weighted by Gasteiger charge is -2.37. The first kappa shape index (κ1) is 19.3. The van der Waals surface area contributed by atoms with Crippen LogP contribution in [-0.4, -0.2) is 67.0 Å². The van der Waals surface area contributed by atoms with Gasteiger partial charge < -0.3 is 19.9 Å². The highest BCUT2D eigenvalue weighted by Crippen LogP contribution is 2.21. The second-order valence-corrected chi connectivity index (χ2v) is 6.71. The maximum atomic E-state index is 12.6. The molecular weight excluding hydrogens is 298 g/mol. The Morgan fingerprint density at radius 1 is 1.09 bits per heavy atom. The number of carbonyl (C=O) groups is 3. The van der Waals surface area contributed by atoms with Crippen molar-refractivity contribution in [1.29, 1.82) is 0 Å². The number of carbonyl (C=O) groups excluding carboxylic acids is 3. The smallest absolute Gasteiger partial charge is 0.409 e. The average molecular weight is 327 g/mol. The number of rotatable bonds is 5. The molecule has 132 valence electrons. The van der Waals surface area contributed by atoms with Gasteiger partial charge in [0, 0.05) is 32.7 Å². The lowest BCUT2D eigenvalue weighted by atomic mass is 9.89. The summed E-state index contributed by atoms with van der Waals surface area (Å²) in [5, 5.41) is 2.82.